The molecule has 0 unspecified atom stereocenters. The summed E-state index contributed by atoms with van der Waals surface area (Å²) in [5.41, 5.74) is 7.19. The number of hydrogen-bond donors (Lipinski definition) is 3. The average Bonchev–Trinajstić information content (AvgIpc) is 2.58. The van der Waals surface area contributed by atoms with E-state index in [4.69, 9.17) is 32.2 Å². The molecule has 26 heavy (non-hydrogen) atoms. The number of rotatable bonds is 7. The van der Waals surface area contributed by atoms with Gasteiger partial charge in [0.05, 0.1) is 25.3 Å². The van der Waals surface area contributed by atoms with E-state index in [-0.39, 0.29) is 13.2 Å². The second-order valence-electron chi connectivity index (χ2n) is 5.44. The van der Waals surface area contributed by atoms with Crippen molar-refractivity contribution in [1.82, 2.24) is 10.6 Å². The summed E-state index contributed by atoms with van der Waals surface area (Å²) < 4.78 is 15.6. The number of benzene rings is 1. The van der Waals surface area contributed by atoms with Crippen molar-refractivity contribution in [1.29, 1.82) is 0 Å². The van der Waals surface area contributed by atoms with Gasteiger partial charge < -0.3 is 30.6 Å². The highest BCUT2D eigenvalue weighted by Crippen LogP contribution is 2.34. The molecule has 0 bridgehead atoms. The molecule has 9 heteroatoms. The van der Waals surface area contributed by atoms with E-state index < -0.39 is 17.9 Å². The number of nitrogens with two attached hydrogens (primary N) is 1. The summed E-state index contributed by atoms with van der Waals surface area (Å²) in [7, 11) is 1.48. The minimum Gasteiger partial charge on any atom is -0.493 e. The van der Waals surface area contributed by atoms with E-state index >= 15 is 0 Å². The molecule has 1 atom stereocenters. The van der Waals surface area contributed by atoms with Crippen molar-refractivity contribution >= 4 is 29.2 Å². The van der Waals surface area contributed by atoms with Crippen LogP contribution in [0.25, 0.3) is 0 Å². The van der Waals surface area contributed by atoms with E-state index in [1.807, 2.05) is 0 Å². The predicted molar refractivity (Wildman–Crippen MR) is 98.6 cm³/mol. The average molecular weight is 379 g/mol. The molecule has 1 aromatic carbocycles. The van der Waals surface area contributed by atoms with Crippen LogP contribution in [0.1, 0.15) is 25.5 Å². The highest BCUT2D eigenvalue weighted by Gasteiger charge is 2.29. The minimum atomic E-state index is -0.559. The monoisotopic (exact) mass is 379 g/mol. The van der Waals surface area contributed by atoms with Crippen molar-refractivity contribution in [2.75, 3.05) is 20.3 Å². The SMILES string of the molecule is CCOC(=O)COc1ccc([C@H]2NC(=S)NC(C)=C2C(N)=O)cc1OC. The van der Waals surface area contributed by atoms with E-state index in [1.165, 1.54) is 7.11 Å². The number of esters is 1. The number of carbonyl (C=O) groups is 2. The normalized spacial score (nSPS) is 16.4. The van der Waals surface area contributed by atoms with Gasteiger partial charge in [-0.1, -0.05) is 6.07 Å². The van der Waals surface area contributed by atoms with Gasteiger partial charge >= 0.3 is 5.97 Å². The fraction of sp³-hybridized carbons (Fsp3) is 0.353. The Labute approximate surface area is 156 Å². The highest BCUT2D eigenvalue weighted by atomic mass is 32.1. The molecule has 0 fully saturated rings. The van der Waals surface area contributed by atoms with Crippen LogP contribution in [0.2, 0.25) is 0 Å². The number of carbonyl (C=O) groups excluding carboxylic acids is 2. The van der Waals surface area contributed by atoms with Crippen molar-refractivity contribution in [3.8, 4) is 11.5 Å². The van der Waals surface area contributed by atoms with Gasteiger partial charge in [0.25, 0.3) is 0 Å². The molecule has 1 aromatic rings. The number of allylic oxidation sites excluding steroid dienone is 1. The van der Waals surface area contributed by atoms with E-state index in [2.05, 4.69) is 10.6 Å². The van der Waals surface area contributed by atoms with Crippen LogP contribution in [0.15, 0.2) is 29.5 Å². The fourth-order valence-electron chi connectivity index (χ4n) is 2.59. The van der Waals surface area contributed by atoms with Gasteiger partial charge in [0.15, 0.2) is 23.2 Å². The summed E-state index contributed by atoms with van der Waals surface area (Å²) in [5.74, 6) is -0.253. The van der Waals surface area contributed by atoms with Gasteiger partial charge in [-0.05, 0) is 43.8 Å². The summed E-state index contributed by atoms with van der Waals surface area (Å²) in [5, 5.41) is 6.30. The summed E-state index contributed by atoms with van der Waals surface area (Å²) in [6, 6.07) is 4.57. The van der Waals surface area contributed by atoms with Crippen molar-refractivity contribution in [3.63, 3.8) is 0 Å². The lowest BCUT2D eigenvalue weighted by molar-refractivity contribution is -0.145. The number of amides is 1. The zero-order chi connectivity index (χ0) is 19.3. The van der Waals surface area contributed by atoms with Gasteiger partial charge in [-0.25, -0.2) is 4.79 Å². The molecular weight excluding hydrogens is 358 g/mol. The Balaban J connectivity index is 2.30. The Morgan fingerprint density at radius 2 is 2.04 bits per heavy atom. The molecule has 0 saturated carbocycles. The summed E-state index contributed by atoms with van der Waals surface area (Å²) in [6.07, 6.45) is 0. The van der Waals surface area contributed by atoms with Gasteiger partial charge in [0.1, 0.15) is 0 Å². The lowest BCUT2D eigenvalue weighted by atomic mass is 9.95. The smallest absolute Gasteiger partial charge is 0.344 e. The first kappa shape index (κ1) is 19.5. The van der Waals surface area contributed by atoms with Gasteiger partial charge in [-0.2, -0.15) is 0 Å². The number of thiocarbonyl (C=S) groups is 1. The third-order valence-electron chi connectivity index (χ3n) is 3.71. The van der Waals surface area contributed by atoms with Crippen LogP contribution >= 0.6 is 12.2 Å². The molecule has 8 nitrogen and oxygen atoms in total. The molecule has 0 aliphatic carbocycles. The van der Waals surface area contributed by atoms with Crippen LogP contribution in [-0.2, 0) is 14.3 Å². The molecule has 0 saturated heterocycles. The second-order valence-corrected chi connectivity index (χ2v) is 5.85. The van der Waals surface area contributed by atoms with Crippen molar-refractivity contribution in [2.24, 2.45) is 5.73 Å². The van der Waals surface area contributed by atoms with Crippen LogP contribution in [-0.4, -0.2) is 37.3 Å². The molecular formula is C17H21N3O5S. The minimum absolute atomic E-state index is 0.231. The molecule has 0 radical (unpaired) electrons. The number of ether oxygens (including phenoxy) is 3. The molecule has 140 valence electrons. The zero-order valence-electron chi connectivity index (χ0n) is 14.8. The van der Waals surface area contributed by atoms with E-state index in [0.717, 1.165) is 0 Å². The maximum atomic E-state index is 11.8. The molecule has 0 aromatic heterocycles. The highest BCUT2D eigenvalue weighted by molar-refractivity contribution is 7.80. The van der Waals surface area contributed by atoms with Crippen molar-refractivity contribution in [3.05, 3.63) is 35.0 Å². The predicted octanol–water partition coefficient (Wildman–Crippen LogP) is 0.915. The Kier molecular flexibility index (Phi) is 6.40. The van der Waals surface area contributed by atoms with Gasteiger partial charge in [0.2, 0.25) is 5.91 Å². The van der Waals surface area contributed by atoms with Crippen LogP contribution < -0.4 is 25.8 Å². The standard InChI is InChI=1S/C17H21N3O5S/c1-4-24-13(21)8-25-11-6-5-10(7-12(11)23-3)15-14(16(18)22)9(2)19-17(26)20-15/h5-7,15H,4,8H2,1-3H3,(H2,18,22)(H2,19,20,26)/t15-/m1/s1. The van der Waals surface area contributed by atoms with Gasteiger partial charge in [-0.15, -0.1) is 0 Å². The molecule has 2 rings (SSSR count). The topological polar surface area (TPSA) is 112 Å². The van der Waals surface area contributed by atoms with Crippen LogP contribution in [0.3, 0.4) is 0 Å². The zero-order valence-corrected chi connectivity index (χ0v) is 15.6. The third-order valence-corrected chi connectivity index (χ3v) is 3.93. The Morgan fingerprint density at radius 1 is 1.31 bits per heavy atom. The largest absolute Gasteiger partial charge is 0.493 e. The Hall–Kier alpha value is -2.81. The summed E-state index contributed by atoms with van der Waals surface area (Å²) in [6.45, 7) is 3.50. The van der Waals surface area contributed by atoms with E-state index in [9.17, 15) is 9.59 Å². The molecule has 1 aliphatic heterocycles. The van der Waals surface area contributed by atoms with Crippen molar-refractivity contribution < 1.29 is 23.8 Å². The lowest BCUT2D eigenvalue weighted by Crippen LogP contribution is -2.46. The van der Waals surface area contributed by atoms with Crippen LogP contribution in [0.4, 0.5) is 0 Å². The maximum Gasteiger partial charge on any atom is 0.344 e. The number of methoxy groups -OCH3 is 1. The number of primary amides is 1. The summed E-state index contributed by atoms with van der Waals surface area (Å²) >= 11 is 5.17. The number of hydrogen-bond acceptors (Lipinski definition) is 6. The molecule has 1 amide bonds. The first-order chi connectivity index (χ1) is 12.4. The first-order valence-corrected chi connectivity index (χ1v) is 8.32. The van der Waals surface area contributed by atoms with Gasteiger partial charge in [0, 0.05) is 5.70 Å². The lowest BCUT2D eigenvalue weighted by Gasteiger charge is -2.29. The summed E-state index contributed by atoms with van der Waals surface area (Å²) in [4.78, 5) is 23.3. The quantitative estimate of drug-likeness (QED) is 0.474. The third kappa shape index (κ3) is 4.42. The van der Waals surface area contributed by atoms with Crippen LogP contribution in [0.5, 0.6) is 11.5 Å². The maximum absolute atomic E-state index is 11.8. The number of nitrogens with one attached hydrogen (secondary N) is 2. The first-order valence-electron chi connectivity index (χ1n) is 7.91. The molecule has 0 spiro atoms. The second kappa shape index (κ2) is 8.52. The molecule has 1 heterocycles. The Bertz CT molecular complexity index is 763. The van der Waals surface area contributed by atoms with Crippen molar-refractivity contribution in [2.45, 2.75) is 19.9 Å². The fourth-order valence-corrected chi connectivity index (χ4v) is 2.86. The van der Waals surface area contributed by atoms with E-state index in [1.54, 1.807) is 32.0 Å². The molecule has 4 N–H and O–H groups in total. The van der Waals surface area contributed by atoms with Gasteiger partial charge in [-0.3, -0.25) is 4.79 Å². The molecule has 1 aliphatic rings. The van der Waals surface area contributed by atoms with E-state index in [0.29, 0.717) is 33.4 Å². The Morgan fingerprint density at radius 3 is 2.65 bits per heavy atom. The van der Waals surface area contributed by atoms with Crippen LogP contribution in [0, 0.1) is 0 Å².